The molecular formula is C11H15ClN2. The molecule has 1 atom stereocenters. The van der Waals surface area contributed by atoms with Crippen molar-refractivity contribution in [2.75, 3.05) is 18.8 Å². The Balaban J connectivity index is 2.22. The molecule has 1 unspecified atom stereocenters. The molecule has 0 bridgehead atoms. The van der Waals surface area contributed by atoms with E-state index in [0.29, 0.717) is 5.92 Å². The SMILES string of the molecule is Nc1cc(Cl)ccc1C1CCCNC1. The topological polar surface area (TPSA) is 38.0 Å². The van der Waals surface area contributed by atoms with Crippen molar-refractivity contribution in [1.82, 2.24) is 5.32 Å². The Bertz CT molecular complexity index is 319. The van der Waals surface area contributed by atoms with E-state index in [1.54, 1.807) is 0 Å². The zero-order valence-electron chi connectivity index (χ0n) is 8.09. The largest absolute Gasteiger partial charge is 0.398 e. The Labute approximate surface area is 89.4 Å². The molecule has 76 valence electrons. The van der Waals surface area contributed by atoms with Gasteiger partial charge in [-0.1, -0.05) is 17.7 Å². The molecule has 0 aliphatic carbocycles. The van der Waals surface area contributed by atoms with E-state index in [0.717, 1.165) is 23.8 Å². The van der Waals surface area contributed by atoms with Crippen LogP contribution in [0.15, 0.2) is 18.2 Å². The van der Waals surface area contributed by atoms with Gasteiger partial charge in [-0.25, -0.2) is 0 Å². The van der Waals surface area contributed by atoms with Crippen molar-refractivity contribution in [3.8, 4) is 0 Å². The van der Waals surface area contributed by atoms with Gasteiger partial charge in [-0.15, -0.1) is 0 Å². The molecule has 0 spiro atoms. The predicted molar refractivity (Wildman–Crippen MR) is 60.7 cm³/mol. The normalized spacial score (nSPS) is 22.2. The molecule has 2 nitrogen and oxygen atoms in total. The molecule has 1 aromatic carbocycles. The van der Waals surface area contributed by atoms with Gasteiger partial charge >= 0.3 is 0 Å². The first kappa shape index (κ1) is 9.81. The number of nitrogen functional groups attached to an aromatic ring is 1. The Morgan fingerprint density at radius 2 is 2.29 bits per heavy atom. The number of piperidine rings is 1. The molecular weight excluding hydrogens is 196 g/mol. The fourth-order valence-corrected chi connectivity index (χ4v) is 2.22. The van der Waals surface area contributed by atoms with Crippen molar-refractivity contribution in [2.45, 2.75) is 18.8 Å². The molecule has 0 radical (unpaired) electrons. The van der Waals surface area contributed by atoms with Crippen molar-refractivity contribution in [2.24, 2.45) is 0 Å². The standard InChI is InChI=1S/C11H15ClN2/c12-9-3-4-10(11(13)6-9)8-2-1-5-14-7-8/h3-4,6,8,14H,1-2,5,7,13H2. The lowest BCUT2D eigenvalue weighted by Gasteiger charge is -2.24. The summed E-state index contributed by atoms with van der Waals surface area (Å²) >= 11 is 5.86. The van der Waals surface area contributed by atoms with Crippen molar-refractivity contribution in [3.63, 3.8) is 0 Å². The summed E-state index contributed by atoms with van der Waals surface area (Å²) in [7, 11) is 0. The van der Waals surface area contributed by atoms with Crippen LogP contribution in [0.3, 0.4) is 0 Å². The Kier molecular flexibility index (Phi) is 2.94. The first-order chi connectivity index (χ1) is 6.77. The van der Waals surface area contributed by atoms with Crippen LogP contribution in [0.2, 0.25) is 5.02 Å². The van der Waals surface area contributed by atoms with Crippen molar-refractivity contribution in [1.29, 1.82) is 0 Å². The number of rotatable bonds is 1. The molecule has 1 saturated heterocycles. The third-order valence-corrected chi connectivity index (χ3v) is 3.02. The molecule has 0 amide bonds. The van der Waals surface area contributed by atoms with Gasteiger partial charge in [-0.05, 0) is 43.0 Å². The highest BCUT2D eigenvalue weighted by Crippen LogP contribution is 2.29. The van der Waals surface area contributed by atoms with Gasteiger partial charge in [-0.3, -0.25) is 0 Å². The highest BCUT2D eigenvalue weighted by Gasteiger charge is 2.16. The van der Waals surface area contributed by atoms with E-state index in [1.807, 2.05) is 12.1 Å². The number of anilines is 1. The van der Waals surface area contributed by atoms with E-state index in [4.69, 9.17) is 17.3 Å². The van der Waals surface area contributed by atoms with E-state index in [9.17, 15) is 0 Å². The van der Waals surface area contributed by atoms with Gasteiger partial charge in [0.05, 0.1) is 0 Å². The van der Waals surface area contributed by atoms with Crippen molar-refractivity contribution >= 4 is 17.3 Å². The van der Waals surface area contributed by atoms with E-state index < -0.39 is 0 Å². The predicted octanol–water partition coefficient (Wildman–Crippen LogP) is 2.39. The van der Waals surface area contributed by atoms with Crippen LogP contribution in [-0.4, -0.2) is 13.1 Å². The fraction of sp³-hybridized carbons (Fsp3) is 0.455. The lowest BCUT2D eigenvalue weighted by Crippen LogP contribution is -2.28. The maximum Gasteiger partial charge on any atom is 0.0426 e. The summed E-state index contributed by atoms with van der Waals surface area (Å²) in [6, 6.07) is 5.81. The zero-order chi connectivity index (χ0) is 9.97. The summed E-state index contributed by atoms with van der Waals surface area (Å²) in [5, 5.41) is 4.10. The smallest absolute Gasteiger partial charge is 0.0426 e. The number of halogens is 1. The second kappa shape index (κ2) is 4.20. The van der Waals surface area contributed by atoms with Crippen LogP contribution in [0.5, 0.6) is 0 Å². The Morgan fingerprint density at radius 1 is 1.43 bits per heavy atom. The summed E-state index contributed by atoms with van der Waals surface area (Å²) in [4.78, 5) is 0. The van der Waals surface area contributed by atoms with Crippen LogP contribution >= 0.6 is 11.6 Å². The second-order valence-electron chi connectivity index (χ2n) is 3.82. The quantitative estimate of drug-likeness (QED) is 0.699. The molecule has 1 aliphatic rings. The number of nitrogens with two attached hydrogens (primary N) is 1. The summed E-state index contributed by atoms with van der Waals surface area (Å²) in [6.07, 6.45) is 2.45. The van der Waals surface area contributed by atoms with Crippen LogP contribution in [0, 0.1) is 0 Å². The molecule has 1 heterocycles. The summed E-state index contributed by atoms with van der Waals surface area (Å²) in [5.74, 6) is 0.556. The lowest BCUT2D eigenvalue weighted by molar-refractivity contribution is 0.462. The Hall–Kier alpha value is -0.730. The fourth-order valence-electron chi connectivity index (χ4n) is 2.03. The van der Waals surface area contributed by atoms with E-state index in [2.05, 4.69) is 11.4 Å². The average molecular weight is 211 g/mol. The van der Waals surface area contributed by atoms with Crippen LogP contribution < -0.4 is 11.1 Å². The van der Waals surface area contributed by atoms with Gasteiger partial charge in [0.25, 0.3) is 0 Å². The van der Waals surface area contributed by atoms with Crippen molar-refractivity contribution < 1.29 is 0 Å². The molecule has 14 heavy (non-hydrogen) atoms. The summed E-state index contributed by atoms with van der Waals surface area (Å²) < 4.78 is 0. The van der Waals surface area contributed by atoms with Crippen molar-refractivity contribution in [3.05, 3.63) is 28.8 Å². The first-order valence-corrected chi connectivity index (χ1v) is 5.41. The third-order valence-electron chi connectivity index (χ3n) is 2.79. The van der Waals surface area contributed by atoms with Crippen LogP contribution in [-0.2, 0) is 0 Å². The van der Waals surface area contributed by atoms with Gasteiger partial charge in [0.2, 0.25) is 0 Å². The zero-order valence-corrected chi connectivity index (χ0v) is 8.85. The van der Waals surface area contributed by atoms with Gasteiger partial charge in [0.15, 0.2) is 0 Å². The van der Waals surface area contributed by atoms with Gasteiger partial charge in [-0.2, -0.15) is 0 Å². The third kappa shape index (κ3) is 2.02. The minimum Gasteiger partial charge on any atom is -0.398 e. The molecule has 1 aliphatic heterocycles. The van der Waals surface area contributed by atoms with E-state index in [-0.39, 0.29) is 0 Å². The number of hydrogen-bond donors (Lipinski definition) is 2. The van der Waals surface area contributed by atoms with Crippen LogP contribution in [0.1, 0.15) is 24.3 Å². The monoisotopic (exact) mass is 210 g/mol. The van der Waals surface area contributed by atoms with Gasteiger partial charge < -0.3 is 11.1 Å². The molecule has 3 N–H and O–H groups in total. The first-order valence-electron chi connectivity index (χ1n) is 5.03. The molecule has 0 saturated carbocycles. The molecule has 1 aromatic rings. The minimum atomic E-state index is 0.556. The molecule has 3 heteroatoms. The lowest BCUT2D eigenvalue weighted by atomic mass is 9.90. The summed E-state index contributed by atoms with van der Waals surface area (Å²) in [5.41, 5.74) is 8.00. The molecule has 0 aromatic heterocycles. The second-order valence-corrected chi connectivity index (χ2v) is 4.25. The highest BCUT2D eigenvalue weighted by molar-refractivity contribution is 6.30. The molecule has 2 rings (SSSR count). The Morgan fingerprint density at radius 3 is 2.93 bits per heavy atom. The number of nitrogens with one attached hydrogen (secondary N) is 1. The number of benzene rings is 1. The number of hydrogen-bond acceptors (Lipinski definition) is 2. The van der Waals surface area contributed by atoms with Crippen LogP contribution in [0.4, 0.5) is 5.69 Å². The minimum absolute atomic E-state index is 0.556. The highest BCUT2D eigenvalue weighted by atomic mass is 35.5. The average Bonchev–Trinajstić information content (AvgIpc) is 2.19. The maximum atomic E-state index is 5.94. The maximum absolute atomic E-state index is 5.94. The van der Waals surface area contributed by atoms with E-state index >= 15 is 0 Å². The van der Waals surface area contributed by atoms with Gasteiger partial charge in [0, 0.05) is 17.3 Å². The van der Waals surface area contributed by atoms with Crippen LogP contribution in [0.25, 0.3) is 0 Å². The van der Waals surface area contributed by atoms with Gasteiger partial charge in [0.1, 0.15) is 0 Å². The molecule has 1 fully saturated rings. The van der Waals surface area contributed by atoms with E-state index in [1.165, 1.54) is 18.4 Å². The summed E-state index contributed by atoms with van der Waals surface area (Å²) in [6.45, 7) is 2.16.